The number of nitrogens with one attached hydrogen (secondary N) is 1. The lowest BCUT2D eigenvalue weighted by Gasteiger charge is -2.15. The number of hydrogen-bond donors (Lipinski definition) is 2. The van der Waals surface area contributed by atoms with Crippen LogP contribution in [0.5, 0.6) is 0 Å². The summed E-state index contributed by atoms with van der Waals surface area (Å²) in [4.78, 5) is 4.26. The lowest BCUT2D eigenvalue weighted by Crippen LogP contribution is -2.19. The summed E-state index contributed by atoms with van der Waals surface area (Å²) in [5.74, 6) is 0.624. The van der Waals surface area contributed by atoms with Crippen molar-refractivity contribution in [1.29, 1.82) is 5.26 Å². The Hall–Kier alpha value is -3.12. The summed E-state index contributed by atoms with van der Waals surface area (Å²) < 4.78 is 21.7. The fourth-order valence-electron chi connectivity index (χ4n) is 3.62. The number of alkyl halides is 1. The average Bonchev–Trinajstić information content (AvgIpc) is 3.36. The predicted octanol–water partition coefficient (Wildman–Crippen LogP) is 3.08. The maximum absolute atomic E-state index is 14.8. The van der Waals surface area contributed by atoms with E-state index in [0.29, 0.717) is 30.1 Å². The number of nitrogens with zero attached hydrogens (tertiary/aromatic N) is 4. The van der Waals surface area contributed by atoms with Crippen molar-refractivity contribution in [2.45, 2.75) is 39.5 Å². The van der Waals surface area contributed by atoms with Crippen LogP contribution in [-0.2, 0) is 17.9 Å². The molecular weight excluding hydrogens is 385 g/mol. The molecule has 0 saturated carbocycles. The molecule has 8 heteroatoms. The number of hydrogen-bond acceptors (Lipinski definition) is 6. The Balaban J connectivity index is 1.37. The van der Waals surface area contributed by atoms with Gasteiger partial charge < -0.3 is 15.2 Å². The predicted molar refractivity (Wildman–Crippen MR) is 107 cm³/mol. The molecule has 0 spiro atoms. The first kappa shape index (κ1) is 20.2. The van der Waals surface area contributed by atoms with Gasteiger partial charge in [-0.1, -0.05) is 12.1 Å². The Labute approximate surface area is 173 Å². The van der Waals surface area contributed by atoms with Crippen LogP contribution in [0.15, 0.2) is 36.8 Å². The van der Waals surface area contributed by atoms with E-state index in [9.17, 15) is 9.50 Å². The summed E-state index contributed by atoms with van der Waals surface area (Å²) in [6, 6.07) is 7.35. The number of aliphatic hydroxyl groups is 1. The molecular formula is C22H22FN5O2. The van der Waals surface area contributed by atoms with Crippen molar-refractivity contribution >= 4 is 0 Å². The van der Waals surface area contributed by atoms with E-state index in [-0.39, 0.29) is 6.54 Å². The number of pyridine rings is 1. The van der Waals surface area contributed by atoms with Gasteiger partial charge in [-0.15, -0.1) is 0 Å². The highest BCUT2D eigenvalue weighted by molar-refractivity contribution is 5.43. The molecule has 2 atom stereocenters. The summed E-state index contributed by atoms with van der Waals surface area (Å²) in [6.07, 6.45) is 2.96. The third-order valence-corrected chi connectivity index (χ3v) is 5.41. The lowest BCUT2D eigenvalue weighted by molar-refractivity contribution is -0.0918. The molecule has 0 amide bonds. The van der Waals surface area contributed by atoms with Gasteiger partial charge in [0.1, 0.15) is 12.2 Å². The van der Waals surface area contributed by atoms with Gasteiger partial charge in [0.2, 0.25) is 0 Å². The third kappa shape index (κ3) is 3.83. The molecule has 30 heavy (non-hydrogen) atoms. The zero-order valence-corrected chi connectivity index (χ0v) is 16.8. The molecule has 2 aromatic heterocycles. The van der Waals surface area contributed by atoms with Crippen molar-refractivity contribution in [1.82, 2.24) is 20.1 Å². The number of halogens is 1. The second-order valence-corrected chi connectivity index (χ2v) is 7.37. The monoisotopic (exact) mass is 407 g/mol. The quantitative estimate of drug-likeness (QED) is 0.652. The van der Waals surface area contributed by atoms with Gasteiger partial charge in [-0.3, -0.25) is 0 Å². The first-order valence-corrected chi connectivity index (χ1v) is 9.65. The van der Waals surface area contributed by atoms with Crippen molar-refractivity contribution < 1.29 is 14.2 Å². The summed E-state index contributed by atoms with van der Waals surface area (Å²) in [6.45, 7) is 4.63. The minimum absolute atomic E-state index is 0.155. The standard InChI is InChI=1S/C22H22FN5O2/c1-13-5-21(26-9-16(13)6-24)28-11-15(8-27-28)7-25-10-20(23)17-3-4-18-19(14(17)2)12-30-22(18)29/h3-5,8-9,11,20,22,25,29H,7,10,12H2,1-2H3/t20-,22?/m0/s1. The maximum atomic E-state index is 14.8. The van der Waals surface area contributed by atoms with Crippen LogP contribution in [-0.4, -0.2) is 26.4 Å². The molecule has 0 radical (unpaired) electrons. The van der Waals surface area contributed by atoms with Crippen LogP contribution in [0.1, 0.15) is 51.4 Å². The number of aliphatic hydroxyl groups excluding tert-OH is 1. The molecule has 0 aliphatic carbocycles. The molecule has 1 aliphatic rings. The van der Waals surface area contributed by atoms with E-state index >= 15 is 0 Å². The van der Waals surface area contributed by atoms with Crippen LogP contribution in [0.3, 0.4) is 0 Å². The summed E-state index contributed by atoms with van der Waals surface area (Å²) >= 11 is 0. The lowest BCUT2D eigenvalue weighted by atomic mass is 9.95. The van der Waals surface area contributed by atoms with E-state index in [1.54, 1.807) is 29.1 Å². The van der Waals surface area contributed by atoms with Gasteiger partial charge >= 0.3 is 0 Å². The number of aryl methyl sites for hydroxylation is 1. The molecule has 154 valence electrons. The van der Waals surface area contributed by atoms with Crippen molar-refractivity contribution in [2.75, 3.05) is 6.54 Å². The number of fused-ring (bicyclic) bond motifs is 1. The molecule has 0 bridgehead atoms. The van der Waals surface area contributed by atoms with Crippen LogP contribution < -0.4 is 5.32 Å². The molecule has 7 nitrogen and oxygen atoms in total. The van der Waals surface area contributed by atoms with Gasteiger partial charge in [0.25, 0.3) is 0 Å². The fourth-order valence-corrected chi connectivity index (χ4v) is 3.62. The van der Waals surface area contributed by atoms with Gasteiger partial charge in [-0.2, -0.15) is 10.4 Å². The molecule has 0 saturated heterocycles. The van der Waals surface area contributed by atoms with Crippen LogP contribution in [0.4, 0.5) is 4.39 Å². The van der Waals surface area contributed by atoms with Gasteiger partial charge in [0.15, 0.2) is 12.1 Å². The largest absolute Gasteiger partial charge is 0.364 e. The minimum atomic E-state index is -1.18. The van der Waals surface area contributed by atoms with Crippen LogP contribution in [0.2, 0.25) is 0 Å². The Bertz CT molecular complexity index is 1120. The van der Waals surface area contributed by atoms with E-state index in [1.807, 2.05) is 20.0 Å². The number of ether oxygens (including phenoxy) is 1. The van der Waals surface area contributed by atoms with Crippen molar-refractivity contribution in [3.63, 3.8) is 0 Å². The van der Waals surface area contributed by atoms with Gasteiger partial charge in [0, 0.05) is 36.6 Å². The number of rotatable bonds is 6. The number of nitriles is 1. The summed E-state index contributed by atoms with van der Waals surface area (Å²) in [7, 11) is 0. The Morgan fingerprint density at radius 1 is 1.40 bits per heavy atom. The van der Waals surface area contributed by atoms with E-state index < -0.39 is 12.5 Å². The second kappa shape index (κ2) is 8.32. The minimum Gasteiger partial charge on any atom is -0.364 e. The Kier molecular flexibility index (Phi) is 5.59. The molecule has 0 fully saturated rings. The first-order valence-electron chi connectivity index (χ1n) is 9.65. The van der Waals surface area contributed by atoms with Crippen LogP contribution in [0, 0.1) is 25.2 Å². The van der Waals surface area contributed by atoms with E-state index in [0.717, 1.165) is 27.8 Å². The van der Waals surface area contributed by atoms with E-state index in [2.05, 4.69) is 21.5 Å². The Morgan fingerprint density at radius 3 is 3.00 bits per heavy atom. The maximum Gasteiger partial charge on any atom is 0.181 e. The SMILES string of the molecule is Cc1cc(-n2cc(CNC[C@H](F)c3ccc4c(c3C)COC4O)cn2)ncc1C#N. The highest BCUT2D eigenvalue weighted by Gasteiger charge is 2.25. The number of benzene rings is 1. The fraction of sp³-hybridized carbons (Fsp3) is 0.318. The molecule has 3 heterocycles. The normalized spacial score (nSPS) is 16.3. The molecule has 3 aromatic rings. The smallest absolute Gasteiger partial charge is 0.181 e. The van der Waals surface area contributed by atoms with E-state index in [4.69, 9.17) is 10.00 Å². The zero-order valence-electron chi connectivity index (χ0n) is 16.8. The Morgan fingerprint density at radius 2 is 2.23 bits per heavy atom. The second-order valence-electron chi connectivity index (χ2n) is 7.37. The summed E-state index contributed by atoms with van der Waals surface area (Å²) in [5.41, 5.74) is 5.28. The van der Waals surface area contributed by atoms with Gasteiger partial charge in [-0.25, -0.2) is 14.1 Å². The van der Waals surface area contributed by atoms with Crippen molar-refractivity contribution in [2.24, 2.45) is 0 Å². The van der Waals surface area contributed by atoms with E-state index in [1.165, 1.54) is 6.20 Å². The van der Waals surface area contributed by atoms with Gasteiger partial charge in [-0.05, 0) is 42.2 Å². The highest BCUT2D eigenvalue weighted by atomic mass is 19.1. The molecule has 1 aliphatic heterocycles. The zero-order chi connectivity index (χ0) is 21.3. The molecule has 1 aromatic carbocycles. The van der Waals surface area contributed by atoms with Crippen LogP contribution in [0.25, 0.3) is 5.82 Å². The highest BCUT2D eigenvalue weighted by Crippen LogP contribution is 2.34. The third-order valence-electron chi connectivity index (χ3n) is 5.41. The molecule has 4 rings (SSSR count). The topological polar surface area (TPSA) is 96.0 Å². The molecule has 2 N–H and O–H groups in total. The van der Waals surface area contributed by atoms with Crippen LogP contribution >= 0.6 is 0 Å². The summed E-state index contributed by atoms with van der Waals surface area (Å²) in [5, 5.41) is 26.2. The van der Waals surface area contributed by atoms with Crippen molar-refractivity contribution in [3.05, 3.63) is 75.7 Å². The first-order chi connectivity index (χ1) is 14.5. The molecule has 1 unspecified atom stereocenters. The van der Waals surface area contributed by atoms with Gasteiger partial charge in [0.05, 0.1) is 18.4 Å². The van der Waals surface area contributed by atoms with Crippen molar-refractivity contribution in [3.8, 4) is 11.9 Å². The average molecular weight is 407 g/mol. The number of aromatic nitrogens is 3.